The molecule has 0 spiro atoms. The fourth-order valence-electron chi connectivity index (χ4n) is 9.91. The molecule has 1 heterocycles. The Balaban J connectivity index is 0.957. The van der Waals surface area contributed by atoms with Gasteiger partial charge in [0.1, 0.15) is 0 Å². The van der Waals surface area contributed by atoms with E-state index in [0.29, 0.717) is 0 Å². The van der Waals surface area contributed by atoms with Gasteiger partial charge in [0.15, 0.2) is 0 Å². The van der Waals surface area contributed by atoms with Crippen molar-refractivity contribution in [1.29, 1.82) is 0 Å². The molecule has 1 aromatic heterocycles. The Labute approximate surface area is 385 Å². The minimum Gasteiger partial charge on any atom is -0.310 e. The lowest BCUT2D eigenvalue weighted by Crippen LogP contribution is -2.10. The molecule has 11 aromatic carbocycles. The molecule has 0 saturated heterocycles. The maximum absolute atomic E-state index is 2.39. The predicted octanol–water partition coefficient (Wildman–Crippen LogP) is 17.7. The first-order valence-electron chi connectivity index (χ1n) is 22.7. The summed E-state index contributed by atoms with van der Waals surface area (Å²) in [5.41, 5.74) is 18.8. The molecule has 0 fully saturated rings. The highest BCUT2D eigenvalue weighted by molar-refractivity contribution is 6.16. The van der Waals surface area contributed by atoms with Crippen LogP contribution in [0, 0.1) is 0 Å². The Hall–Kier alpha value is -8.72. The van der Waals surface area contributed by atoms with E-state index in [1.165, 1.54) is 77.1 Å². The fourth-order valence-corrected chi connectivity index (χ4v) is 9.91. The van der Waals surface area contributed by atoms with Crippen LogP contribution in [0.5, 0.6) is 0 Å². The van der Waals surface area contributed by atoms with Gasteiger partial charge in [-0.05, 0) is 133 Å². The van der Waals surface area contributed by atoms with Crippen molar-refractivity contribution in [2.24, 2.45) is 0 Å². The molecule has 0 aliphatic carbocycles. The summed E-state index contributed by atoms with van der Waals surface area (Å²) in [6, 6.07) is 96.8. The van der Waals surface area contributed by atoms with Crippen molar-refractivity contribution < 1.29 is 0 Å². The van der Waals surface area contributed by atoms with Crippen LogP contribution < -0.4 is 4.90 Å². The van der Waals surface area contributed by atoms with Crippen molar-refractivity contribution in [3.63, 3.8) is 0 Å². The van der Waals surface area contributed by atoms with Crippen LogP contribution >= 0.6 is 0 Å². The summed E-state index contributed by atoms with van der Waals surface area (Å²) in [4.78, 5) is 2.38. The summed E-state index contributed by atoms with van der Waals surface area (Å²) in [7, 11) is 0. The van der Waals surface area contributed by atoms with Crippen LogP contribution in [-0.2, 0) is 0 Å². The van der Waals surface area contributed by atoms with Gasteiger partial charge < -0.3 is 9.47 Å². The van der Waals surface area contributed by atoms with Crippen LogP contribution in [0.4, 0.5) is 17.1 Å². The van der Waals surface area contributed by atoms with Gasteiger partial charge in [0.05, 0.1) is 11.0 Å². The first-order valence-corrected chi connectivity index (χ1v) is 22.7. The maximum Gasteiger partial charge on any atom is 0.0547 e. The number of hydrogen-bond donors (Lipinski definition) is 0. The molecule has 0 saturated carbocycles. The maximum atomic E-state index is 2.39. The second-order valence-corrected chi connectivity index (χ2v) is 16.9. The molecule has 0 bridgehead atoms. The number of nitrogens with zero attached hydrogens (tertiary/aromatic N) is 2. The fraction of sp³-hybridized carbons (Fsp3) is 0. The summed E-state index contributed by atoms with van der Waals surface area (Å²) in [6.45, 7) is 0. The Morgan fingerprint density at radius 2 is 0.727 bits per heavy atom. The Bertz CT molecular complexity index is 3670. The normalized spacial score (nSPS) is 11.3. The Morgan fingerprint density at radius 1 is 0.258 bits per heavy atom. The van der Waals surface area contributed by atoms with E-state index in [4.69, 9.17) is 0 Å². The molecule has 0 N–H and O–H groups in total. The molecule has 0 unspecified atom stereocenters. The Morgan fingerprint density at radius 3 is 1.47 bits per heavy atom. The smallest absolute Gasteiger partial charge is 0.0547 e. The second-order valence-electron chi connectivity index (χ2n) is 16.9. The third-order valence-electron chi connectivity index (χ3n) is 13.0. The lowest BCUT2D eigenvalue weighted by atomic mass is 9.94. The molecule has 0 aliphatic heterocycles. The molecule has 66 heavy (non-hydrogen) atoms. The largest absolute Gasteiger partial charge is 0.310 e. The number of hydrogen-bond acceptors (Lipinski definition) is 1. The van der Waals surface area contributed by atoms with E-state index in [1.807, 2.05) is 0 Å². The zero-order chi connectivity index (χ0) is 43.8. The highest BCUT2D eigenvalue weighted by atomic mass is 15.1. The summed E-state index contributed by atoms with van der Waals surface area (Å²) in [5.74, 6) is 0. The molecule has 0 radical (unpaired) electrons. The number of para-hydroxylation sites is 2. The lowest BCUT2D eigenvalue weighted by molar-refractivity contribution is 1.18. The highest BCUT2D eigenvalue weighted by Crippen LogP contribution is 2.42. The van der Waals surface area contributed by atoms with E-state index < -0.39 is 0 Å². The zero-order valence-corrected chi connectivity index (χ0v) is 36.3. The van der Waals surface area contributed by atoms with Crippen LogP contribution in [0.25, 0.3) is 93.9 Å². The van der Waals surface area contributed by atoms with Crippen LogP contribution in [-0.4, -0.2) is 4.57 Å². The molecule has 12 rings (SSSR count). The third kappa shape index (κ3) is 7.02. The molecule has 2 heteroatoms. The van der Waals surface area contributed by atoms with Gasteiger partial charge in [-0.3, -0.25) is 0 Å². The minimum atomic E-state index is 1.08. The van der Waals surface area contributed by atoms with Gasteiger partial charge >= 0.3 is 0 Å². The molecule has 310 valence electrons. The van der Waals surface area contributed by atoms with E-state index in [1.54, 1.807) is 0 Å². The molecule has 12 aromatic rings. The van der Waals surface area contributed by atoms with E-state index in [-0.39, 0.29) is 0 Å². The van der Waals surface area contributed by atoms with Crippen LogP contribution in [0.2, 0.25) is 0 Å². The number of benzene rings is 11. The molecule has 0 amide bonds. The SMILES string of the molecule is c1ccc(-c2ccccc2-c2ccc(N(c3ccc(-c4cccc5ccccc45)cc3)c3cccc(-c4cccc(-c5cccc6c5c5ccccc5n6-c5ccccc5)c4)c3)cc2)cc1. The van der Waals surface area contributed by atoms with Gasteiger partial charge in [0, 0.05) is 33.5 Å². The van der Waals surface area contributed by atoms with E-state index in [9.17, 15) is 0 Å². The van der Waals surface area contributed by atoms with Crippen molar-refractivity contribution >= 4 is 49.6 Å². The topological polar surface area (TPSA) is 8.17 Å². The van der Waals surface area contributed by atoms with Crippen LogP contribution in [0.1, 0.15) is 0 Å². The monoisotopic (exact) mass is 840 g/mol. The van der Waals surface area contributed by atoms with Gasteiger partial charge in [-0.2, -0.15) is 0 Å². The van der Waals surface area contributed by atoms with E-state index in [0.717, 1.165) is 33.9 Å². The number of anilines is 3. The van der Waals surface area contributed by atoms with Gasteiger partial charge in [0.25, 0.3) is 0 Å². The first-order chi connectivity index (χ1) is 32.7. The number of fused-ring (bicyclic) bond motifs is 4. The quantitative estimate of drug-likeness (QED) is 0.141. The van der Waals surface area contributed by atoms with Crippen molar-refractivity contribution in [3.05, 3.63) is 267 Å². The van der Waals surface area contributed by atoms with Crippen molar-refractivity contribution in [2.75, 3.05) is 4.90 Å². The van der Waals surface area contributed by atoms with Crippen molar-refractivity contribution in [3.8, 4) is 61.3 Å². The van der Waals surface area contributed by atoms with Crippen molar-refractivity contribution in [1.82, 2.24) is 4.57 Å². The number of aromatic nitrogens is 1. The standard InChI is InChI=1S/C64H44N2/c1-3-17-45(18-4-1)56-28-9-10-29-58(56)47-35-39-53(40-36-47)65(54-41-37-48(38-42-54)59-31-15-20-46-19-7-8-27-57(46)59)55-26-14-22-50(44-55)49-21-13-23-51(43-49)60-32-16-34-63-64(60)61-30-11-12-33-62(61)66(63)52-24-5-2-6-25-52/h1-44H. The van der Waals surface area contributed by atoms with Crippen LogP contribution in [0.15, 0.2) is 267 Å². The van der Waals surface area contributed by atoms with E-state index >= 15 is 0 Å². The van der Waals surface area contributed by atoms with Crippen molar-refractivity contribution in [2.45, 2.75) is 0 Å². The van der Waals surface area contributed by atoms with Gasteiger partial charge in [-0.15, -0.1) is 0 Å². The average Bonchev–Trinajstić information content (AvgIpc) is 3.74. The zero-order valence-electron chi connectivity index (χ0n) is 36.3. The van der Waals surface area contributed by atoms with Gasteiger partial charge in [-0.1, -0.05) is 200 Å². The molecule has 0 aliphatic rings. The summed E-state index contributed by atoms with van der Waals surface area (Å²) in [6.07, 6.45) is 0. The first kappa shape index (κ1) is 38.9. The van der Waals surface area contributed by atoms with Gasteiger partial charge in [-0.25, -0.2) is 0 Å². The number of rotatable bonds is 9. The predicted molar refractivity (Wildman–Crippen MR) is 280 cm³/mol. The highest BCUT2D eigenvalue weighted by Gasteiger charge is 2.18. The minimum absolute atomic E-state index is 1.08. The molecular weight excluding hydrogens is 797 g/mol. The van der Waals surface area contributed by atoms with E-state index in [2.05, 4.69) is 276 Å². The Kier molecular flexibility index (Phi) is 9.89. The lowest BCUT2D eigenvalue weighted by Gasteiger charge is -2.26. The second kappa shape index (κ2) is 16.8. The van der Waals surface area contributed by atoms with Crippen LogP contribution in [0.3, 0.4) is 0 Å². The van der Waals surface area contributed by atoms with Gasteiger partial charge in [0.2, 0.25) is 0 Å². The summed E-state index contributed by atoms with van der Waals surface area (Å²) in [5, 5.41) is 5.00. The molecule has 2 nitrogen and oxygen atoms in total. The third-order valence-corrected chi connectivity index (χ3v) is 13.0. The molecule has 0 atom stereocenters. The average molecular weight is 841 g/mol. The molecular formula is C64H44N2. The summed E-state index contributed by atoms with van der Waals surface area (Å²) >= 11 is 0. The summed E-state index contributed by atoms with van der Waals surface area (Å²) < 4.78 is 2.39.